The molecule has 0 aliphatic carbocycles. The molecular formula is C26H29F3N4O2. The number of Topliss-reactive ketones (excluding diaryl/α,β-unsaturated/α-hetero) is 1. The molecule has 0 saturated carbocycles. The molecule has 2 aromatic heterocycles. The molecule has 1 aromatic carbocycles. The number of piperidine rings is 1. The predicted octanol–water partition coefficient (Wildman–Crippen LogP) is 5.20. The molecule has 35 heavy (non-hydrogen) atoms. The van der Waals surface area contributed by atoms with Crippen LogP contribution in [0, 0.1) is 5.92 Å². The number of nitrogens with one attached hydrogen (secondary N) is 1. The topological polar surface area (TPSA) is 68.0 Å². The standard InChI is InChI=1S/C26H29F3N4O2/c27-26(28,29)9-4-23(34)15-20-2-1-3-22(14-20)24-18-31-25-16-21(7-12-33(24)25)17-32-35-13-8-19-5-10-30-11-6-19/h1-3,7,12,14,16-19,30H,4-6,8-11,13,15H2. The summed E-state index contributed by atoms with van der Waals surface area (Å²) in [5.74, 6) is 0.266. The van der Waals surface area contributed by atoms with Gasteiger partial charge in [0, 0.05) is 30.2 Å². The van der Waals surface area contributed by atoms with Crippen LogP contribution in [0.15, 0.2) is 53.9 Å². The van der Waals surface area contributed by atoms with Gasteiger partial charge in [0.25, 0.3) is 0 Å². The number of alkyl halides is 3. The van der Waals surface area contributed by atoms with Crippen molar-refractivity contribution in [2.45, 2.75) is 44.7 Å². The zero-order valence-electron chi connectivity index (χ0n) is 19.4. The summed E-state index contributed by atoms with van der Waals surface area (Å²) in [7, 11) is 0. The fourth-order valence-electron chi connectivity index (χ4n) is 4.27. The second kappa shape index (κ2) is 11.5. The van der Waals surface area contributed by atoms with E-state index in [0.717, 1.165) is 42.0 Å². The Kier molecular flexibility index (Phi) is 8.17. The predicted molar refractivity (Wildman–Crippen MR) is 128 cm³/mol. The van der Waals surface area contributed by atoms with Crippen molar-refractivity contribution in [1.29, 1.82) is 0 Å². The molecule has 1 aliphatic rings. The first kappa shape index (κ1) is 24.9. The molecule has 1 aliphatic heterocycles. The lowest BCUT2D eigenvalue weighted by atomic mass is 9.95. The number of pyridine rings is 1. The van der Waals surface area contributed by atoms with Crippen LogP contribution in [-0.4, -0.2) is 47.3 Å². The molecular weight excluding hydrogens is 457 g/mol. The van der Waals surface area contributed by atoms with Crippen molar-refractivity contribution in [2.75, 3.05) is 19.7 Å². The summed E-state index contributed by atoms with van der Waals surface area (Å²) in [5, 5.41) is 7.44. The summed E-state index contributed by atoms with van der Waals surface area (Å²) in [4.78, 5) is 21.9. The molecule has 0 bridgehead atoms. The van der Waals surface area contributed by atoms with E-state index in [-0.39, 0.29) is 6.42 Å². The van der Waals surface area contributed by atoms with Crippen LogP contribution >= 0.6 is 0 Å². The number of aromatic nitrogens is 2. The first-order valence-electron chi connectivity index (χ1n) is 11.9. The fourth-order valence-corrected chi connectivity index (χ4v) is 4.27. The van der Waals surface area contributed by atoms with Crippen molar-refractivity contribution in [2.24, 2.45) is 11.1 Å². The summed E-state index contributed by atoms with van der Waals surface area (Å²) in [6.45, 7) is 2.75. The van der Waals surface area contributed by atoms with Crippen LogP contribution in [0.25, 0.3) is 16.9 Å². The normalized spacial score (nSPS) is 15.2. The van der Waals surface area contributed by atoms with E-state index in [9.17, 15) is 18.0 Å². The van der Waals surface area contributed by atoms with Crippen molar-refractivity contribution < 1.29 is 22.8 Å². The van der Waals surface area contributed by atoms with Crippen LogP contribution in [0.2, 0.25) is 0 Å². The number of hydrogen-bond acceptors (Lipinski definition) is 5. The number of carbonyl (C=O) groups is 1. The third-order valence-corrected chi connectivity index (χ3v) is 6.20. The molecule has 1 fully saturated rings. The van der Waals surface area contributed by atoms with Gasteiger partial charge in [-0.1, -0.05) is 23.4 Å². The Morgan fingerprint density at radius 1 is 1.23 bits per heavy atom. The van der Waals surface area contributed by atoms with Gasteiger partial charge in [0.2, 0.25) is 0 Å². The van der Waals surface area contributed by atoms with E-state index in [1.807, 2.05) is 34.9 Å². The lowest BCUT2D eigenvalue weighted by Gasteiger charge is -2.21. The molecule has 3 aromatic rings. The Labute approximate surface area is 202 Å². The van der Waals surface area contributed by atoms with E-state index in [2.05, 4.69) is 15.5 Å². The average molecular weight is 487 g/mol. The van der Waals surface area contributed by atoms with Crippen molar-refractivity contribution >= 4 is 17.6 Å². The van der Waals surface area contributed by atoms with Gasteiger partial charge in [-0.25, -0.2) is 4.98 Å². The van der Waals surface area contributed by atoms with Gasteiger partial charge in [0.1, 0.15) is 18.0 Å². The minimum Gasteiger partial charge on any atom is -0.396 e. The molecule has 3 heterocycles. The van der Waals surface area contributed by atoms with Crippen LogP contribution in [-0.2, 0) is 16.1 Å². The van der Waals surface area contributed by atoms with Crippen LogP contribution in [0.3, 0.4) is 0 Å². The van der Waals surface area contributed by atoms with Gasteiger partial charge in [-0.15, -0.1) is 0 Å². The van der Waals surface area contributed by atoms with Gasteiger partial charge in [-0.05, 0) is 62.0 Å². The van der Waals surface area contributed by atoms with E-state index in [4.69, 9.17) is 4.84 Å². The van der Waals surface area contributed by atoms with E-state index in [1.165, 1.54) is 12.8 Å². The number of ketones is 1. The highest BCUT2D eigenvalue weighted by molar-refractivity contribution is 5.82. The van der Waals surface area contributed by atoms with E-state index >= 15 is 0 Å². The number of benzene rings is 1. The number of hydrogen-bond donors (Lipinski definition) is 1. The Morgan fingerprint density at radius 2 is 2.06 bits per heavy atom. The van der Waals surface area contributed by atoms with E-state index in [0.29, 0.717) is 18.1 Å². The molecule has 1 N–H and O–H groups in total. The maximum absolute atomic E-state index is 12.4. The maximum atomic E-state index is 12.4. The highest BCUT2D eigenvalue weighted by Gasteiger charge is 2.27. The molecule has 0 amide bonds. The number of oxime groups is 1. The third kappa shape index (κ3) is 7.39. The highest BCUT2D eigenvalue weighted by atomic mass is 19.4. The molecule has 1 saturated heterocycles. The SMILES string of the molecule is O=C(CCC(F)(F)F)Cc1cccc(-c2cnc3cc(C=NOCCC4CCNCC4)ccn23)c1. The lowest BCUT2D eigenvalue weighted by Crippen LogP contribution is -2.28. The van der Waals surface area contributed by atoms with Gasteiger partial charge in [0.15, 0.2) is 0 Å². The number of imidazole rings is 1. The molecule has 186 valence electrons. The summed E-state index contributed by atoms with van der Waals surface area (Å²) >= 11 is 0. The van der Waals surface area contributed by atoms with Crippen molar-refractivity contribution in [3.8, 4) is 11.3 Å². The number of rotatable bonds is 10. The fraction of sp³-hybridized carbons (Fsp3) is 0.423. The second-order valence-corrected chi connectivity index (χ2v) is 8.91. The minimum atomic E-state index is -4.32. The summed E-state index contributed by atoms with van der Waals surface area (Å²) in [5.41, 5.74) is 3.92. The van der Waals surface area contributed by atoms with Crippen LogP contribution < -0.4 is 5.32 Å². The number of fused-ring (bicyclic) bond motifs is 1. The number of halogens is 3. The minimum absolute atomic E-state index is 0.0289. The first-order chi connectivity index (χ1) is 16.9. The van der Waals surface area contributed by atoms with Gasteiger partial charge in [0.05, 0.1) is 24.5 Å². The second-order valence-electron chi connectivity index (χ2n) is 8.91. The molecule has 4 rings (SSSR count). The number of nitrogens with zero attached hydrogens (tertiary/aromatic N) is 3. The largest absolute Gasteiger partial charge is 0.396 e. The Bertz CT molecular complexity index is 1170. The molecule has 6 nitrogen and oxygen atoms in total. The molecule has 9 heteroatoms. The zero-order chi connectivity index (χ0) is 24.7. The average Bonchev–Trinajstić information content (AvgIpc) is 3.26. The van der Waals surface area contributed by atoms with Gasteiger partial charge in [-0.3, -0.25) is 9.20 Å². The van der Waals surface area contributed by atoms with Crippen LogP contribution in [0.4, 0.5) is 13.2 Å². The van der Waals surface area contributed by atoms with Crippen molar-refractivity contribution in [1.82, 2.24) is 14.7 Å². The molecule has 0 unspecified atom stereocenters. The lowest BCUT2D eigenvalue weighted by molar-refractivity contribution is -0.143. The van der Waals surface area contributed by atoms with Crippen molar-refractivity contribution in [3.05, 3.63) is 59.9 Å². The van der Waals surface area contributed by atoms with E-state index < -0.39 is 24.8 Å². The molecule has 0 spiro atoms. The Hall–Kier alpha value is -3.20. The first-order valence-corrected chi connectivity index (χ1v) is 11.9. The van der Waals surface area contributed by atoms with Gasteiger partial charge < -0.3 is 10.2 Å². The quantitative estimate of drug-likeness (QED) is 0.243. The Balaban J connectivity index is 1.36. The maximum Gasteiger partial charge on any atom is 0.389 e. The monoisotopic (exact) mass is 486 g/mol. The summed E-state index contributed by atoms with van der Waals surface area (Å²) in [6.07, 6.45) is 2.72. The highest BCUT2D eigenvalue weighted by Crippen LogP contribution is 2.24. The molecule has 0 atom stereocenters. The number of carbonyl (C=O) groups excluding carboxylic acids is 1. The van der Waals surface area contributed by atoms with Crippen LogP contribution in [0.1, 0.15) is 43.2 Å². The van der Waals surface area contributed by atoms with Crippen LogP contribution in [0.5, 0.6) is 0 Å². The van der Waals surface area contributed by atoms with Gasteiger partial charge >= 0.3 is 6.18 Å². The Morgan fingerprint density at radius 3 is 2.86 bits per heavy atom. The summed E-state index contributed by atoms with van der Waals surface area (Å²) < 4.78 is 39.0. The van der Waals surface area contributed by atoms with E-state index in [1.54, 1.807) is 24.5 Å². The summed E-state index contributed by atoms with van der Waals surface area (Å²) in [6, 6.07) is 11.1. The zero-order valence-corrected chi connectivity index (χ0v) is 19.4. The van der Waals surface area contributed by atoms with Crippen molar-refractivity contribution in [3.63, 3.8) is 0 Å². The smallest absolute Gasteiger partial charge is 0.389 e. The van der Waals surface area contributed by atoms with Gasteiger partial charge in [-0.2, -0.15) is 13.2 Å². The molecule has 0 radical (unpaired) electrons. The third-order valence-electron chi connectivity index (χ3n) is 6.20.